The van der Waals surface area contributed by atoms with Gasteiger partial charge in [-0.2, -0.15) is 5.26 Å². The summed E-state index contributed by atoms with van der Waals surface area (Å²) in [7, 11) is 0. The molecule has 0 saturated carbocycles. The molecule has 108 valence electrons. The van der Waals surface area contributed by atoms with Crippen molar-refractivity contribution in [2.45, 2.75) is 39.0 Å². The van der Waals surface area contributed by atoms with Crippen LogP contribution in [0.25, 0.3) is 0 Å². The van der Waals surface area contributed by atoms with Gasteiger partial charge in [0.25, 0.3) is 0 Å². The third-order valence-corrected chi connectivity index (χ3v) is 3.11. The maximum Gasteiger partial charge on any atom is 0.224 e. The topological polar surface area (TPSA) is 78.9 Å². The molecule has 1 amide bonds. The van der Waals surface area contributed by atoms with Gasteiger partial charge in [0.2, 0.25) is 5.91 Å². The molecule has 0 aliphatic heterocycles. The summed E-state index contributed by atoms with van der Waals surface area (Å²) in [5.74, 6) is -0.641. The molecule has 0 saturated heterocycles. The van der Waals surface area contributed by atoms with Crippen molar-refractivity contribution >= 4 is 11.6 Å². The van der Waals surface area contributed by atoms with Crippen molar-refractivity contribution in [3.8, 4) is 6.07 Å². The molecule has 0 fully saturated rings. The summed E-state index contributed by atoms with van der Waals surface area (Å²) in [5.41, 5.74) is 6.31. The lowest BCUT2D eigenvalue weighted by atomic mass is 10.1. The standard InChI is InChI=1S/C15H20FN3O/c1-11-13(16)8-12(10-18)9-14(11)19-15(20)6-4-2-3-5-7-17/h8-9H,2-7,17H2,1H3,(H,19,20). The van der Waals surface area contributed by atoms with Gasteiger partial charge in [0.15, 0.2) is 0 Å². The van der Waals surface area contributed by atoms with E-state index in [9.17, 15) is 9.18 Å². The summed E-state index contributed by atoms with van der Waals surface area (Å²) < 4.78 is 13.6. The Kier molecular flexibility index (Phi) is 6.68. The molecular weight excluding hydrogens is 257 g/mol. The Bertz CT molecular complexity index is 509. The number of nitrogens with zero attached hydrogens (tertiary/aromatic N) is 1. The van der Waals surface area contributed by atoms with Crippen molar-refractivity contribution in [1.82, 2.24) is 0 Å². The molecule has 0 aliphatic carbocycles. The van der Waals surface area contributed by atoms with E-state index in [1.807, 2.05) is 6.07 Å². The Morgan fingerprint density at radius 2 is 2.05 bits per heavy atom. The average Bonchev–Trinajstić information content (AvgIpc) is 2.43. The first-order valence-corrected chi connectivity index (χ1v) is 6.78. The van der Waals surface area contributed by atoms with Gasteiger partial charge in [-0.3, -0.25) is 4.79 Å². The van der Waals surface area contributed by atoms with Crippen molar-refractivity contribution in [3.05, 3.63) is 29.1 Å². The molecule has 1 rings (SSSR count). The number of nitrogens with one attached hydrogen (secondary N) is 1. The van der Waals surface area contributed by atoms with Crippen LogP contribution in [-0.4, -0.2) is 12.5 Å². The highest BCUT2D eigenvalue weighted by Crippen LogP contribution is 2.20. The largest absolute Gasteiger partial charge is 0.330 e. The quantitative estimate of drug-likeness (QED) is 0.752. The average molecular weight is 277 g/mol. The van der Waals surface area contributed by atoms with E-state index >= 15 is 0 Å². The monoisotopic (exact) mass is 277 g/mol. The number of nitriles is 1. The molecule has 0 spiro atoms. The zero-order valence-electron chi connectivity index (χ0n) is 11.7. The summed E-state index contributed by atoms with van der Waals surface area (Å²) in [4.78, 5) is 11.8. The maximum atomic E-state index is 13.6. The summed E-state index contributed by atoms with van der Waals surface area (Å²) in [5, 5.41) is 11.5. The van der Waals surface area contributed by atoms with Crippen LogP contribution in [0, 0.1) is 24.1 Å². The van der Waals surface area contributed by atoms with Crippen LogP contribution in [0.15, 0.2) is 12.1 Å². The fourth-order valence-electron chi connectivity index (χ4n) is 1.87. The molecule has 1 aromatic carbocycles. The lowest BCUT2D eigenvalue weighted by Crippen LogP contribution is -2.13. The predicted octanol–water partition coefficient (Wildman–Crippen LogP) is 2.85. The number of unbranched alkanes of at least 4 members (excludes halogenated alkanes) is 3. The van der Waals surface area contributed by atoms with Crippen LogP contribution in [0.5, 0.6) is 0 Å². The zero-order chi connectivity index (χ0) is 15.0. The van der Waals surface area contributed by atoms with E-state index in [0.717, 1.165) is 31.7 Å². The van der Waals surface area contributed by atoms with E-state index in [0.29, 0.717) is 24.2 Å². The minimum atomic E-state index is -0.484. The molecule has 20 heavy (non-hydrogen) atoms. The fourth-order valence-corrected chi connectivity index (χ4v) is 1.87. The van der Waals surface area contributed by atoms with Crippen molar-refractivity contribution in [2.24, 2.45) is 5.73 Å². The van der Waals surface area contributed by atoms with Crippen molar-refractivity contribution in [1.29, 1.82) is 5.26 Å². The number of nitrogens with two attached hydrogens (primary N) is 1. The summed E-state index contributed by atoms with van der Waals surface area (Å²) in [6, 6.07) is 4.53. The Morgan fingerprint density at radius 1 is 1.35 bits per heavy atom. The molecule has 0 aliphatic rings. The van der Waals surface area contributed by atoms with Gasteiger partial charge in [0, 0.05) is 17.7 Å². The molecular formula is C15H20FN3O. The number of hydrogen-bond donors (Lipinski definition) is 2. The Balaban J connectivity index is 2.54. The second kappa shape index (κ2) is 8.28. The highest BCUT2D eigenvalue weighted by molar-refractivity contribution is 5.91. The summed E-state index contributed by atoms with van der Waals surface area (Å²) in [6.07, 6.45) is 4.11. The minimum absolute atomic E-state index is 0.157. The Labute approximate surface area is 118 Å². The molecule has 0 atom stereocenters. The second-order valence-corrected chi connectivity index (χ2v) is 4.74. The van der Waals surface area contributed by atoms with E-state index < -0.39 is 5.82 Å². The lowest BCUT2D eigenvalue weighted by molar-refractivity contribution is -0.116. The number of rotatable bonds is 7. The van der Waals surface area contributed by atoms with Crippen LogP contribution in [0.2, 0.25) is 0 Å². The highest BCUT2D eigenvalue weighted by Gasteiger charge is 2.10. The van der Waals surface area contributed by atoms with E-state index in [4.69, 9.17) is 11.0 Å². The van der Waals surface area contributed by atoms with Crippen LogP contribution < -0.4 is 11.1 Å². The summed E-state index contributed by atoms with van der Waals surface area (Å²) in [6.45, 7) is 2.25. The number of amides is 1. The molecule has 0 unspecified atom stereocenters. The van der Waals surface area contributed by atoms with Gasteiger partial charge < -0.3 is 11.1 Å². The van der Waals surface area contributed by atoms with Gasteiger partial charge in [-0.15, -0.1) is 0 Å². The number of hydrogen-bond acceptors (Lipinski definition) is 3. The van der Waals surface area contributed by atoms with Gasteiger partial charge in [-0.05, 0) is 38.4 Å². The molecule has 0 aromatic heterocycles. The number of benzene rings is 1. The van der Waals surface area contributed by atoms with Gasteiger partial charge in [-0.25, -0.2) is 4.39 Å². The highest BCUT2D eigenvalue weighted by atomic mass is 19.1. The fraction of sp³-hybridized carbons (Fsp3) is 0.467. The van der Waals surface area contributed by atoms with Gasteiger partial charge in [-0.1, -0.05) is 12.8 Å². The molecule has 3 N–H and O–H groups in total. The van der Waals surface area contributed by atoms with Crippen LogP contribution in [0.3, 0.4) is 0 Å². The first-order valence-electron chi connectivity index (χ1n) is 6.78. The van der Waals surface area contributed by atoms with Gasteiger partial charge in [0.05, 0.1) is 11.6 Å². The number of carbonyl (C=O) groups is 1. The third-order valence-electron chi connectivity index (χ3n) is 3.11. The number of carbonyl (C=O) groups excluding carboxylic acids is 1. The molecule has 0 radical (unpaired) electrons. The van der Waals surface area contributed by atoms with Crippen LogP contribution in [0.4, 0.5) is 10.1 Å². The van der Waals surface area contributed by atoms with E-state index in [1.165, 1.54) is 6.07 Å². The number of anilines is 1. The van der Waals surface area contributed by atoms with Crippen LogP contribution in [0.1, 0.15) is 43.2 Å². The molecule has 1 aromatic rings. The Morgan fingerprint density at radius 3 is 2.70 bits per heavy atom. The van der Waals surface area contributed by atoms with Crippen molar-refractivity contribution in [3.63, 3.8) is 0 Å². The summed E-state index contributed by atoms with van der Waals surface area (Å²) >= 11 is 0. The smallest absolute Gasteiger partial charge is 0.224 e. The molecule has 4 nitrogen and oxygen atoms in total. The minimum Gasteiger partial charge on any atom is -0.330 e. The molecule has 0 heterocycles. The van der Waals surface area contributed by atoms with Gasteiger partial charge >= 0.3 is 0 Å². The molecule has 0 bridgehead atoms. The maximum absolute atomic E-state index is 13.6. The predicted molar refractivity (Wildman–Crippen MR) is 76.6 cm³/mol. The number of halogens is 1. The van der Waals surface area contributed by atoms with Crippen LogP contribution >= 0.6 is 0 Å². The Hall–Kier alpha value is -1.93. The van der Waals surface area contributed by atoms with E-state index in [2.05, 4.69) is 5.32 Å². The SMILES string of the molecule is Cc1c(F)cc(C#N)cc1NC(=O)CCCCCCN. The second-order valence-electron chi connectivity index (χ2n) is 4.74. The van der Waals surface area contributed by atoms with Crippen molar-refractivity contribution < 1.29 is 9.18 Å². The van der Waals surface area contributed by atoms with E-state index in [-0.39, 0.29) is 11.5 Å². The van der Waals surface area contributed by atoms with Crippen molar-refractivity contribution in [2.75, 3.05) is 11.9 Å². The normalized spacial score (nSPS) is 10.1. The van der Waals surface area contributed by atoms with E-state index in [1.54, 1.807) is 6.92 Å². The van der Waals surface area contributed by atoms with Crippen LogP contribution in [-0.2, 0) is 4.79 Å². The first kappa shape index (κ1) is 16.1. The molecule has 5 heteroatoms. The zero-order valence-corrected chi connectivity index (χ0v) is 11.7. The first-order chi connectivity index (χ1) is 9.58. The van der Waals surface area contributed by atoms with Gasteiger partial charge in [0.1, 0.15) is 5.82 Å². The third kappa shape index (κ3) is 4.98. The lowest BCUT2D eigenvalue weighted by Gasteiger charge is -2.09.